The molecular weight excluding hydrogens is 248 g/mol. The number of benzene rings is 2. The molecule has 2 heteroatoms. The van der Waals surface area contributed by atoms with Gasteiger partial charge in [0.05, 0.1) is 6.10 Å². The van der Waals surface area contributed by atoms with Crippen molar-refractivity contribution in [1.29, 1.82) is 0 Å². The van der Waals surface area contributed by atoms with Crippen LogP contribution in [0.4, 0.5) is 0 Å². The highest BCUT2D eigenvalue weighted by Gasteiger charge is 2.32. The fourth-order valence-electron chi connectivity index (χ4n) is 2.71. The van der Waals surface area contributed by atoms with Gasteiger partial charge in [-0.25, -0.2) is 0 Å². The number of rotatable bonds is 4. The van der Waals surface area contributed by atoms with Gasteiger partial charge in [0.25, 0.3) is 0 Å². The molecule has 0 spiro atoms. The minimum atomic E-state index is -0.153. The molecule has 0 saturated carbocycles. The standard InChI is InChI=1S/C18H22O2/c1-13-12-14(10-11-16(13)19)17(20-4)18(2,3)15-8-6-5-7-9-15/h5-12,17,19H,1-4H3. The Morgan fingerprint density at radius 2 is 1.70 bits per heavy atom. The number of ether oxygens (including phenoxy) is 1. The topological polar surface area (TPSA) is 29.5 Å². The van der Waals surface area contributed by atoms with Crippen molar-refractivity contribution in [2.45, 2.75) is 32.3 Å². The third kappa shape index (κ3) is 2.70. The molecule has 1 unspecified atom stereocenters. The first kappa shape index (κ1) is 14.6. The molecule has 0 saturated heterocycles. The molecule has 0 amide bonds. The lowest BCUT2D eigenvalue weighted by atomic mass is 9.76. The molecule has 2 aromatic rings. The van der Waals surface area contributed by atoms with Crippen LogP contribution in [0.2, 0.25) is 0 Å². The van der Waals surface area contributed by atoms with Crippen molar-refractivity contribution >= 4 is 0 Å². The Bertz CT molecular complexity index is 573. The van der Waals surface area contributed by atoms with Crippen LogP contribution in [-0.2, 0) is 10.2 Å². The lowest BCUT2D eigenvalue weighted by Gasteiger charge is -2.34. The van der Waals surface area contributed by atoms with Gasteiger partial charge in [0.15, 0.2) is 0 Å². The summed E-state index contributed by atoms with van der Waals surface area (Å²) < 4.78 is 5.77. The van der Waals surface area contributed by atoms with E-state index in [4.69, 9.17) is 4.74 Å². The molecule has 2 aromatic carbocycles. The zero-order chi connectivity index (χ0) is 14.8. The normalized spacial score (nSPS) is 13.2. The molecular formula is C18H22O2. The number of aryl methyl sites for hydroxylation is 1. The summed E-state index contributed by atoms with van der Waals surface area (Å²) in [6, 6.07) is 16.0. The Labute approximate surface area is 121 Å². The van der Waals surface area contributed by atoms with Gasteiger partial charge in [0, 0.05) is 12.5 Å². The van der Waals surface area contributed by atoms with Crippen LogP contribution in [0.3, 0.4) is 0 Å². The van der Waals surface area contributed by atoms with Crippen molar-refractivity contribution in [3.8, 4) is 5.75 Å². The third-order valence-corrected chi connectivity index (χ3v) is 3.93. The number of phenolic OH excluding ortho intramolecular Hbond substituents is 1. The molecule has 0 heterocycles. The van der Waals surface area contributed by atoms with Gasteiger partial charge in [-0.1, -0.05) is 50.2 Å². The summed E-state index contributed by atoms with van der Waals surface area (Å²) >= 11 is 0. The fourth-order valence-corrected chi connectivity index (χ4v) is 2.71. The molecule has 0 radical (unpaired) electrons. The SMILES string of the molecule is COC(c1ccc(O)c(C)c1)C(C)(C)c1ccccc1. The Hall–Kier alpha value is -1.80. The number of phenols is 1. The van der Waals surface area contributed by atoms with Crippen LogP contribution in [0.15, 0.2) is 48.5 Å². The summed E-state index contributed by atoms with van der Waals surface area (Å²) in [7, 11) is 1.73. The second-order valence-electron chi connectivity index (χ2n) is 5.75. The predicted molar refractivity (Wildman–Crippen MR) is 82.1 cm³/mol. The van der Waals surface area contributed by atoms with Crippen LogP contribution in [0.1, 0.15) is 36.6 Å². The Morgan fingerprint density at radius 3 is 2.25 bits per heavy atom. The summed E-state index contributed by atoms with van der Waals surface area (Å²) in [4.78, 5) is 0. The van der Waals surface area contributed by atoms with E-state index in [0.29, 0.717) is 5.75 Å². The van der Waals surface area contributed by atoms with Crippen LogP contribution in [0, 0.1) is 6.92 Å². The van der Waals surface area contributed by atoms with Gasteiger partial charge in [-0.3, -0.25) is 0 Å². The quantitative estimate of drug-likeness (QED) is 0.894. The molecule has 0 fully saturated rings. The number of aromatic hydroxyl groups is 1. The van der Waals surface area contributed by atoms with Crippen LogP contribution >= 0.6 is 0 Å². The Kier molecular flexibility index (Phi) is 4.15. The maximum absolute atomic E-state index is 9.68. The molecule has 1 N–H and O–H groups in total. The minimum absolute atomic E-state index is 0.0656. The molecule has 0 aliphatic carbocycles. The van der Waals surface area contributed by atoms with E-state index in [1.807, 2.05) is 37.3 Å². The van der Waals surface area contributed by atoms with Crippen LogP contribution in [0.25, 0.3) is 0 Å². The van der Waals surface area contributed by atoms with E-state index < -0.39 is 0 Å². The molecule has 0 aliphatic rings. The first-order valence-electron chi connectivity index (χ1n) is 6.84. The molecule has 106 valence electrons. The monoisotopic (exact) mass is 270 g/mol. The van der Waals surface area contributed by atoms with Crippen LogP contribution in [0.5, 0.6) is 5.75 Å². The molecule has 0 aliphatic heterocycles. The van der Waals surface area contributed by atoms with E-state index in [-0.39, 0.29) is 11.5 Å². The number of methoxy groups -OCH3 is 1. The lowest BCUT2D eigenvalue weighted by Crippen LogP contribution is -2.28. The summed E-state index contributed by atoms with van der Waals surface area (Å²) in [5.41, 5.74) is 3.03. The van der Waals surface area contributed by atoms with Crippen molar-refractivity contribution in [1.82, 2.24) is 0 Å². The largest absolute Gasteiger partial charge is 0.508 e. The Balaban J connectivity index is 2.43. The maximum atomic E-state index is 9.68. The smallest absolute Gasteiger partial charge is 0.118 e. The van der Waals surface area contributed by atoms with Crippen molar-refractivity contribution in [3.63, 3.8) is 0 Å². The summed E-state index contributed by atoms with van der Waals surface area (Å²) in [6.45, 7) is 6.26. The summed E-state index contributed by atoms with van der Waals surface area (Å²) in [6.07, 6.45) is -0.0656. The van der Waals surface area contributed by atoms with E-state index in [0.717, 1.165) is 11.1 Å². The highest BCUT2D eigenvalue weighted by Crippen LogP contribution is 2.39. The molecule has 0 aromatic heterocycles. The second-order valence-corrected chi connectivity index (χ2v) is 5.75. The van der Waals surface area contributed by atoms with Crippen molar-refractivity contribution < 1.29 is 9.84 Å². The van der Waals surface area contributed by atoms with Crippen LogP contribution < -0.4 is 0 Å². The van der Waals surface area contributed by atoms with E-state index in [2.05, 4.69) is 26.0 Å². The summed E-state index contributed by atoms with van der Waals surface area (Å²) in [5.74, 6) is 0.320. The van der Waals surface area contributed by atoms with Crippen molar-refractivity contribution in [2.24, 2.45) is 0 Å². The van der Waals surface area contributed by atoms with E-state index in [1.165, 1.54) is 5.56 Å². The molecule has 1 atom stereocenters. The first-order chi connectivity index (χ1) is 9.46. The molecule has 20 heavy (non-hydrogen) atoms. The minimum Gasteiger partial charge on any atom is -0.508 e. The van der Waals surface area contributed by atoms with Gasteiger partial charge in [0.1, 0.15) is 5.75 Å². The lowest BCUT2D eigenvalue weighted by molar-refractivity contribution is 0.0447. The highest BCUT2D eigenvalue weighted by molar-refractivity contribution is 5.38. The predicted octanol–water partition coefficient (Wildman–Crippen LogP) is 4.37. The van der Waals surface area contributed by atoms with Gasteiger partial charge in [-0.2, -0.15) is 0 Å². The number of hydrogen-bond acceptors (Lipinski definition) is 2. The summed E-state index contributed by atoms with van der Waals surface area (Å²) in [5, 5.41) is 9.68. The van der Waals surface area contributed by atoms with Gasteiger partial charge < -0.3 is 9.84 Å². The Morgan fingerprint density at radius 1 is 1.05 bits per heavy atom. The second kappa shape index (κ2) is 5.68. The molecule has 0 bridgehead atoms. The van der Waals surface area contributed by atoms with Gasteiger partial charge in [-0.15, -0.1) is 0 Å². The van der Waals surface area contributed by atoms with Crippen molar-refractivity contribution in [3.05, 3.63) is 65.2 Å². The fraction of sp³-hybridized carbons (Fsp3) is 0.333. The van der Waals surface area contributed by atoms with E-state index in [1.54, 1.807) is 13.2 Å². The van der Waals surface area contributed by atoms with Gasteiger partial charge >= 0.3 is 0 Å². The van der Waals surface area contributed by atoms with Gasteiger partial charge in [0.2, 0.25) is 0 Å². The van der Waals surface area contributed by atoms with E-state index in [9.17, 15) is 5.11 Å². The zero-order valence-electron chi connectivity index (χ0n) is 12.6. The van der Waals surface area contributed by atoms with Crippen molar-refractivity contribution in [2.75, 3.05) is 7.11 Å². The number of hydrogen-bond donors (Lipinski definition) is 1. The first-order valence-corrected chi connectivity index (χ1v) is 6.84. The molecule has 2 rings (SSSR count). The zero-order valence-corrected chi connectivity index (χ0v) is 12.6. The average molecular weight is 270 g/mol. The average Bonchev–Trinajstić information content (AvgIpc) is 2.44. The maximum Gasteiger partial charge on any atom is 0.118 e. The molecule has 2 nitrogen and oxygen atoms in total. The highest BCUT2D eigenvalue weighted by atomic mass is 16.5. The van der Waals surface area contributed by atoms with Crippen LogP contribution in [-0.4, -0.2) is 12.2 Å². The van der Waals surface area contributed by atoms with Gasteiger partial charge in [-0.05, 0) is 35.7 Å². The third-order valence-electron chi connectivity index (χ3n) is 3.93. The van der Waals surface area contributed by atoms with E-state index >= 15 is 0 Å².